The fourth-order valence-electron chi connectivity index (χ4n) is 16.2. The molecule has 3 aromatic heterocycles. The van der Waals surface area contributed by atoms with Gasteiger partial charge in [0.15, 0.2) is 0 Å². The Balaban J connectivity index is 0.0000118. The Morgan fingerprint density at radius 3 is 0.673 bits per heavy atom. The number of amides is 4. The van der Waals surface area contributed by atoms with Crippen molar-refractivity contribution >= 4 is 134 Å². The topological polar surface area (TPSA) is 222 Å². The fourth-order valence-corrected chi connectivity index (χ4v) is 16.2. The average molecular weight is 1570 g/mol. The van der Waals surface area contributed by atoms with E-state index in [1.54, 1.807) is 0 Å². The maximum absolute atomic E-state index is 13.6. The van der Waals surface area contributed by atoms with Crippen LogP contribution in [0.3, 0.4) is 0 Å². The van der Waals surface area contributed by atoms with Gasteiger partial charge >= 0.3 is 19.5 Å². The Bertz CT molecular complexity index is 4970. The van der Waals surface area contributed by atoms with Crippen molar-refractivity contribution in [1.82, 2.24) is 39.9 Å². The Labute approximate surface area is 680 Å². The third-order valence-corrected chi connectivity index (χ3v) is 22.7. The summed E-state index contributed by atoms with van der Waals surface area (Å²) in [6.45, 7) is 8.99. The number of hydrogen-bond donors (Lipinski definition) is 4. The van der Waals surface area contributed by atoms with Crippen LogP contribution in [0.5, 0.6) is 0 Å². The molecule has 0 saturated carbocycles. The molecule has 0 unspecified atom stereocenters. The van der Waals surface area contributed by atoms with Crippen molar-refractivity contribution in [2.24, 2.45) is 0 Å². The molecule has 0 atom stereocenters. The number of anilines is 4. The van der Waals surface area contributed by atoms with Crippen LogP contribution in [0.25, 0.3) is 133 Å². The van der Waals surface area contributed by atoms with Crippen LogP contribution in [0, 0.1) is 0 Å². The molecule has 0 fully saturated rings. The van der Waals surface area contributed by atoms with E-state index in [1.165, 1.54) is 154 Å². The number of carbonyl (C=O) groups excluding carboxylic acids is 4. The summed E-state index contributed by atoms with van der Waals surface area (Å²) in [7, 11) is 0. The molecular formula is C96H116N12O4Zn. The first-order chi connectivity index (χ1) is 55.0. The second-order valence-electron chi connectivity index (χ2n) is 31.8. The summed E-state index contributed by atoms with van der Waals surface area (Å²) in [4.78, 5) is 97.5. The second-order valence-corrected chi connectivity index (χ2v) is 31.8. The Hall–Kier alpha value is -9.34. The molecule has 17 heteroatoms. The SMILES string of the molecule is CCCCCCCCCCCC(=O)Nc1ccc2cc3c(cc2c1)-c1nc-3nc2[n-]c(nc3nc(nc4[n-]c(n1)c1cc5cc(NC(=O)CCCCCCCCCCC)ccc5cc41)-c1cc4ccc(NC(=O)CCCCCCCCCCC)cc4cc1-3)c1cc3cc(NC(=O)CCCCCCCCCCC)ccc3cc21.[Zn+2]. The molecule has 0 aliphatic carbocycles. The molecule has 4 amide bonds. The Kier molecular flexibility index (Phi) is 31.0. The summed E-state index contributed by atoms with van der Waals surface area (Å²) < 4.78 is 0. The minimum Gasteiger partial charge on any atom is -0.357 e. The molecule has 113 heavy (non-hydrogen) atoms. The van der Waals surface area contributed by atoms with Gasteiger partial charge in [-0.2, -0.15) is 0 Å². The zero-order chi connectivity index (χ0) is 77.4. The monoisotopic (exact) mass is 1560 g/mol. The van der Waals surface area contributed by atoms with Gasteiger partial charge in [0.1, 0.15) is 0 Å². The maximum Gasteiger partial charge on any atom is 2.00 e. The molecular weight excluding hydrogens is 1450 g/mol. The molecule has 0 spiro atoms. The number of aromatic nitrogens is 8. The minimum atomic E-state index is -0.00444. The van der Waals surface area contributed by atoms with Crippen molar-refractivity contribution in [2.75, 3.05) is 21.3 Å². The first kappa shape index (κ1) is 83.1. The summed E-state index contributed by atoms with van der Waals surface area (Å²) in [5.41, 5.74) is 7.32. The van der Waals surface area contributed by atoms with Crippen molar-refractivity contribution in [3.63, 3.8) is 0 Å². The third-order valence-electron chi connectivity index (χ3n) is 22.7. The van der Waals surface area contributed by atoms with Gasteiger partial charge in [-0.1, -0.05) is 257 Å². The first-order valence-corrected chi connectivity index (χ1v) is 43.2. The van der Waals surface area contributed by atoms with Crippen LogP contribution in [0.15, 0.2) is 121 Å². The van der Waals surface area contributed by atoms with E-state index >= 15 is 0 Å². The van der Waals surface area contributed by atoms with Gasteiger partial charge in [0.25, 0.3) is 0 Å². The van der Waals surface area contributed by atoms with E-state index in [0.717, 1.165) is 164 Å². The van der Waals surface area contributed by atoms with Gasteiger partial charge in [0.05, 0.1) is 23.3 Å². The van der Waals surface area contributed by atoms with E-state index in [-0.39, 0.29) is 43.1 Å². The molecule has 16 nitrogen and oxygen atoms in total. The number of hydrogen-bond acceptors (Lipinski definition) is 10. The number of nitrogens with zero attached hydrogens (tertiary/aromatic N) is 8. The summed E-state index contributed by atoms with van der Waals surface area (Å²) in [6, 6.07) is 40.7. The van der Waals surface area contributed by atoms with Gasteiger partial charge < -0.3 is 51.2 Å². The zero-order valence-corrected chi connectivity index (χ0v) is 70.7. The maximum atomic E-state index is 13.6. The van der Waals surface area contributed by atoms with Gasteiger partial charge in [-0.15, -0.1) is 0 Å². The van der Waals surface area contributed by atoms with Gasteiger partial charge in [-0.05, 0) is 187 Å². The molecule has 2 aliphatic heterocycles. The predicted molar refractivity (Wildman–Crippen MR) is 466 cm³/mol. The number of unbranched alkanes of at least 4 members (excludes halogenated alkanes) is 32. The van der Waals surface area contributed by atoms with Crippen molar-refractivity contribution < 1.29 is 38.7 Å². The number of benzene rings is 8. The minimum absolute atomic E-state index is 0. The van der Waals surface area contributed by atoms with Crippen LogP contribution in [-0.4, -0.2) is 53.5 Å². The Morgan fingerprint density at radius 2 is 0.434 bits per heavy atom. The van der Waals surface area contributed by atoms with Crippen LogP contribution < -0.4 is 31.2 Å². The average Bonchev–Trinajstić information content (AvgIpc) is 1.59. The number of carbonyl (C=O) groups is 4. The molecule has 0 saturated heterocycles. The van der Waals surface area contributed by atoms with Gasteiger partial charge in [0, 0.05) is 93.3 Å². The molecule has 4 N–H and O–H groups in total. The summed E-state index contributed by atoms with van der Waals surface area (Å²) in [5.74, 6) is 1.54. The second kappa shape index (κ2) is 42.1. The first-order valence-electron chi connectivity index (χ1n) is 43.2. The smallest absolute Gasteiger partial charge is 0.357 e. The van der Waals surface area contributed by atoms with Gasteiger partial charge in [0.2, 0.25) is 23.6 Å². The molecule has 2 aliphatic rings. The normalized spacial score (nSPS) is 11.8. The molecule has 8 bridgehead atoms. The number of nitrogens with one attached hydrogen (secondary N) is 4. The van der Waals surface area contributed by atoms with Crippen LogP contribution >= 0.6 is 0 Å². The van der Waals surface area contributed by atoms with E-state index in [1.807, 2.05) is 72.8 Å². The molecule has 11 aromatic rings. The van der Waals surface area contributed by atoms with E-state index in [2.05, 4.69) is 97.5 Å². The largest absolute Gasteiger partial charge is 2.00 e. The van der Waals surface area contributed by atoms with Crippen molar-refractivity contribution in [3.05, 3.63) is 121 Å². The van der Waals surface area contributed by atoms with Crippen molar-refractivity contribution in [3.8, 4) is 45.6 Å². The third kappa shape index (κ3) is 22.6. The summed E-state index contributed by atoms with van der Waals surface area (Å²) in [5, 5.41) is 23.0. The van der Waals surface area contributed by atoms with Crippen LogP contribution in [-0.2, 0) is 38.7 Å². The van der Waals surface area contributed by atoms with Crippen molar-refractivity contribution in [2.45, 2.75) is 285 Å². The molecule has 5 heterocycles. The van der Waals surface area contributed by atoms with Crippen LogP contribution in [0.4, 0.5) is 22.7 Å². The van der Waals surface area contributed by atoms with E-state index in [4.69, 9.17) is 39.9 Å². The zero-order valence-electron chi connectivity index (χ0n) is 67.7. The van der Waals surface area contributed by atoms with Crippen LogP contribution in [0.1, 0.15) is 285 Å². The molecule has 13 rings (SSSR count). The summed E-state index contributed by atoms with van der Waals surface area (Å²) in [6.07, 6.45) is 44.3. The Morgan fingerprint density at radius 1 is 0.239 bits per heavy atom. The van der Waals surface area contributed by atoms with E-state index in [0.29, 0.717) is 94.3 Å². The fraction of sp³-hybridized carbons (Fsp3) is 0.458. The molecule has 586 valence electrons. The van der Waals surface area contributed by atoms with E-state index < -0.39 is 0 Å². The number of fused-ring (bicyclic) bond motifs is 24. The van der Waals surface area contributed by atoms with Crippen LogP contribution in [0.2, 0.25) is 0 Å². The van der Waals surface area contributed by atoms with E-state index in [9.17, 15) is 19.2 Å². The quantitative estimate of drug-likeness (QED) is 0.0207. The standard InChI is InChI=1S/C96H118N12O4.Zn/c1-5-9-13-17-21-25-29-33-37-41-85(109)97-73-49-45-65-57-77-81(61-69(65)53-73)93-103-89(77)101-90-79-59-67-47-51-75(99-87(111)43-39-35-31-27-23-19-15-11-7-3)55-71(67)63-83(79)95(105-90)108-96-84-64-72-56-76(100-88(112)44-40-36-32-28-24-20-16-12-8-4)52-48-68(72)60-80(84)92(106-96)102-91-78-58-66-46-50-74(54-70(66)62-82(78)94(104-91)107-93)98-86(110)42-38-34-30-26-22-18-14-10-6-2;/h45-64H,5-44H2,1-4H3,(H6,97,98,99,100,101,102,103,104,105,106,107,108,109,110,111,112);/q;+2/p-2. The van der Waals surface area contributed by atoms with Crippen molar-refractivity contribution in [1.29, 1.82) is 0 Å². The number of rotatable bonds is 44. The van der Waals surface area contributed by atoms with Gasteiger partial charge in [-0.25, -0.2) is 9.97 Å². The molecule has 0 radical (unpaired) electrons. The molecule has 8 aromatic carbocycles. The summed E-state index contributed by atoms with van der Waals surface area (Å²) >= 11 is 0. The van der Waals surface area contributed by atoms with Gasteiger partial charge in [-0.3, -0.25) is 19.2 Å². The predicted octanol–water partition coefficient (Wildman–Crippen LogP) is 26.2.